The Morgan fingerprint density at radius 2 is 1.47 bits per heavy atom. The van der Waals surface area contributed by atoms with E-state index in [4.69, 9.17) is 5.73 Å². The number of aliphatic hydroxyl groups is 1. The highest BCUT2D eigenvalue weighted by molar-refractivity contribution is 5.46. The second-order valence-corrected chi connectivity index (χ2v) is 3.96. The van der Waals surface area contributed by atoms with Crippen molar-refractivity contribution >= 4 is 5.69 Å². The van der Waals surface area contributed by atoms with Gasteiger partial charge in [0.25, 0.3) is 0 Å². The monoisotopic (exact) mass is 225 g/mol. The summed E-state index contributed by atoms with van der Waals surface area (Å²) in [5.74, 6) is 0. The molecular formula is C15H15NO. The minimum absolute atomic E-state index is 0.674. The molecular weight excluding hydrogens is 210 g/mol. The van der Waals surface area contributed by atoms with Gasteiger partial charge >= 0.3 is 0 Å². The molecule has 0 aromatic heterocycles. The van der Waals surface area contributed by atoms with Crippen molar-refractivity contribution in [2.24, 2.45) is 0 Å². The molecule has 2 nitrogen and oxygen atoms in total. The van der Waals surface area contributed by atoms with E-state index in [9.17, 15) is 5.11 Å². The zero-order chi connectivity index (χ0) is 12.3. The highest BCUT2D eigenvalue weighted by Crippen LogP contribution is 2.30. The average Bonchev–Trinajstić information content (AvgIpc) is 2.40. The van der Waals surface area contributed by atoms with Gasteiger partial charge in [0.05, 0.1) is 0 Å². The Morgan fingerprint density at radius 3 is 2.00 bits per heavy atom. The fourth-order valence-corrected chi connectivity index (χ4v) is 1.83. The number of benzene rings is 2. The smallest absolute Gasteiger partial charge is 0.133 e. The molecule has 2 aromatic carbocycles. The lowest BCUT2D eigenvalue weighted by Gasteiger charge is -2.25. The van der Waals surface area contributed by atoms with E-state index in [1.807, 2.05) is 42.5 Å². The van der Waals surface area contributed by atoms with Crippen LogP contribution in [0.25, 0.3) is 0 Å². The average molecular weight is 225 g/mol. The first-order valence-corrected chi connectivity index (χ1v) is 5.44. The largest absolute Gasteiger partial charge is 0.399 e. The number of hydrogen-bond acceptors (Lipinski definition) is 2. The van der Waals surface area contributed by atoms with Crippen LogP contribution in [0, 0.1) is 0 Å². The summed E-state index contributed by atoms with van der Waals surface area (Å²) in [5.41, 5.74) is 6.69. The number of rotatable bonds is 3. The van der Waals surface area contributed by atoms with Crippen molar-refractivity contribution in [3.8, 4) is 0 Å². The van der Waals surface area contributed by atoms with Crippen LogP contribution in [0.3, 0.4) is 0 Å². The van der Waals surface area contributed by atoms with Gasteiger partial charge in [-0.3, -0.25) is 0 Å². The van der Waals surface area contributed by atoms with E-state index in [2.05, 4.69) is 6.58 Å². The van der Waals surface area contributed by atoms with Crippen molar-refractivity contribution in [3.63, 3.8) is 0 Å². The second kappa shape index (κ2) is 4.44. The fraction of sp³-hybridized carbons (Fsp3) is 0.0667. The fourth-order valence-electron chi connectivity index (χ4n) is 1.83. The van der Waals surface area contributed by atoms with Gasteiger partial charge in [0, 0.05) is 5.69 Å². The Kier molecular flexibility index (Phi) is 2.98. The van der Waals surface area contributed by atoms with Gasteiger partial charge in [0.2, 0.25) is 0 Å². The third-order valence-electron chi connectivity index (χ3n) is 2.86. The first-order chi connectivity index (χ1) is 8.16. The molecule has 86 valence electrons. The molecule has 0 bridgehead atoms. The molecule has 0 heterocycles. The number of nitrogen functional groups attached to an aromatic ring is 1. The minimum atomic E-state index is -1.17. The Hall–Kier alpha value is -2.06. The summed E-state index contributed by atoms with van der Waals surface area (Å²) in [4.78, 5) is 0. The Balaban J connectivity index is 2.51. The number of hydrogen-bond donors (Lipinski definition) is 2. The Bertz CT molecular complexity index is 504. The van der Waals surface area contributed by atoms with Crippen LogP contribution in [0.1, 0.15) is 11.1 Å². The standard InChI is InChI=1S/C15H15NO/c1-2-15(17,12-6-4-3-5-7-12)13-8-10-14(16)11-9-13/h2-11,17H,1,16H2. The van der Waals surface area contributed by atoms with Crippen molar-refractivity contribution in [3.05, 3.63) is 78.4 Å². The van der Waals surface area contributed by atoms with Crippen LogP contribution >= 0.6 is 0 Å². The van der Waals surface area contributed by atoms with Crippen LogP contribution in [-0.2, 0) is 5.60 Å². The van der Waals surface area contributed by atoms with Crippen LogP contribution < -0.4 is 5.73 Å². The lowest BCUT2D eigenvalue weighted by Crippen LogP contribution is -2.24. The lowest BCUT2D eigenvalue weighted by atomic mass is 9.86. The molecule has 0 saturated heterocycles. The van der Waals surface area contributed by atoms with Crippen LogP contribution in [0.4, 0.5) is 5.69 Å². The van der Waals surface area contributed by atoms with E-state index in [1.165, 1.54) is 6.08 Å². The van der Waals surface area contributed by atoms with Gasteiger partial charge < -0.3 is 10.8 Å². The predicted molar refractivity (Wildman–Crippen MR) is 70.5 cm³/mol. The van der Waals surface area contributed by atoms with E-state index >= 15 is 0 Å². The minimum Gasteiger partial charge on any atom is -0.399 e. The molecule has 0 aliphatic carbocycles. The van der Waals surface area contributed by atoms with E-state index in [-0.39, 0.29) is 0 Å². The zero-order valence-electron chi connectivity index (χ0n) is 9.51. The lowest BCUT2D eigenvalue weighted by molar-refractivity contribution is 0.135. The third-order valence-corrected chi connectivity index (χ3v) is 2.86. The van der Waals surface area contributed by atoms with Crippen molar-refractivity contribution in [1.82, 2.24) is 0 Å². The molecule has 3 N–H and O–H groups in total. The van der Waals surface area contributed by atoms with Gasteiger partial charge in [0.15, 0.2) is 0 Å². The van der Waals surface area contributed by atoms with Gasteiger partial charge in [-0.05, 0) is 23.3 Å². The SMILES string of the molecule is C=CC(O)(c1ccccc1)c1ccc(N)cc1. The Labute approximate surface area is 101 Å². The molecule has 1 atom stereocenters. The van der Waals surface area contributed by atoms with Crippen molar-refractivity contribution < 1.29 is 5.11 Å². The van der Waals surface area contributed by atoms with Gasteiger partial charge in [-0.1, -0.05) is 55.1 Å². The highest BCUT2D eigenvalue weighted by Gasteiger charge is 2.27. The van der Waals surface area contributed by atoms with Crippen LogP contribution in [0.2, 0.25) is 0 Å². The van der Waals surface area contributed by atoms with Gasteiger partial charge in [-0.25, -0.2) is 0 Å². The summed E-state index contributed by atoms with van der Waals surface area (Å²) >= 11 is 0. The third kappa shape index (κ3) is 2.08. The summed E-state index contributed by atoms with van der Waals surface area (Å²) < 4.78 is 0. The van der Waals surface area contributed by atoms with Crippen LogP contribution in [0.15, 0.2) is 67.3 Å². The maximum absolute atomic E-state index is 10.7. The van der Waals surface area contributed by atoms with E-state index in [0.717, 1.165) is 11.1 Å². The molecule has 2 heteroatoms. The number of anilines is 1. The molecule has 0 radical (unpaired) electrons. The highest BCUT2D eigenvalue weighted by atomic mass is 16.3. The molecule has 0 amide bonds. The van der Waals surface area contributed by atoms with Gasteiger partial charge in [0.1, 0.15) is 5.60 Å². The predicted octanol–water partition coefficient (Wildman–Crippen LogP) is 2.69. The van der Waals surface area contributed by atoms with E-state index in [0.29, 0.717) is 5.69 Å². The summed E-state index contributed by atoms with van der Waals surface area (Å²) in [5, 5.41) is 10.7. The quantitative estimate of drug-likeness (QED) is 0.623. The van der Waals surface area contributed by atoms with Gasteiger partial charge in [-0.15, -0.1) is 0 Å². The summed E-state index contributed by atoms with van der Waals surface area (Å²) in [6.45, 7) is 3.73. The Morgan fingerprint density at radius 1 is 0.941 bits per heavy atom. The van der Waals surface area contributed by atoms with E-state index < -0.39 is 5.60 Å². The zero-order valence-corrected chi connectivity index (χ0v) is 9.51. The van der Waals surface area contributed by atoms with Crippen LogP contribution in [-0.4, -0.2) is 5.11 Å². The second-order valence-electron chi connectivity index (χ2n) is 3.96. The van der Waals surface area contributed by atoms with Crippen molar-refractivity contribution in [2.75, 3.05) is 5.73 Å². The summed E-state index contributed by atoms with van der Waals surface area (Å²) in [7, 11) is 0. The van der Waals surface area contributed by atoms with E-state index in [1.54, 1.807) is 12.1 Å². The van der Waals surface area contributed by atoms with Crippen LogP contribution in [0.5, 0.6) is 0 Å². The molecule has 0 saturated carbocycles. The first-order valence-electron chi connectivity index (χ1n) is 5.44. The molecule has 1 unspecified atom stereocenters. The molecule has 0 aliphatic rings. The maximum atomic E-state index is 10.7. The summed E-state index contributed by atoms with van der Waals surface area (Å²) in [6.07, 6.45) is 1.54. The normalized spacial score (nSPS) is 13.9. The number of nitrogens with two attached hydrogens (primary N) is 1. The molecule has 0 fully saturated rings. The topological polar surface area (TPSA) is 46.2 Å². The van der Waals surface area contributed by atoms with Crippen molar-refractivity contribution in [1.29, 1.82) is 0 Å². The molecule has 17 heavy (non-hydrogen) atoms. The van der Waals surface area contributed by atoms with Gasteiger partial charge in [-0.2, -0.15) is 0 Å². The first kappa shape index (κ1) is 11.4. The molecule has 0 spiro atoms. The maximum Gasteiger partial charge on any atom is 0.133 e. The summed E-state index contributed by atoms with van der Waals surface area (Å²) in [6, 6.07) is 16.6. The molecule has 2 aromatic rings. The molecule has 2 rings (SSSR count). The molecule has 0 aliphatic heterocycles. The van der Waals surface area contributed by atoms with Crippen molar-refractivity contribution in [2.45, 2.75) is 5.60 Å².